The van der Waals surface area contributed by atoms with E-state index in [0.717, 1.165) is 18.5 Å². The van der Waals surface area contributed by atoms with E-state index in [9.17, 15) is 9.90 Å². The van der Waals surface area contributed by atoms with Crippen LogP contribution in [-0.2, 0) is 4.79 Å². The molecule has 1 aromatic carbocycles. The zero-order valence-electron chi connectivity index (χ0n) is 11.6. The Kier molecular flexibility index (Phi) is 4.59. The smallest absolute Gasteiger partial charge is 0.325 e. The highest BCUT2D eigenvalue weighted by molar-refractivity contribution is 5.75. The molecule has 1 aromatic rings. The lowest BCUT2D eigenvalue weighted by Gasteiger charge is -2.29. The standard InChI is InChI=1S/C16H23NO2/c1-2-16(10-6-7-11-16)12-17-14(15(18)19)13-8-4-3-5-9-13/h3-5,8-9,14,17H,2,6-7,10-12H2,1H3,(H,18,19). The number of hydrogen-bond acceptors (Lipinski definition) is 2. The van der Waals surface area contributed by atoms with Crippen LogP contribution in [0.25, 0.3) is 0 Å². The second-order valence-corrected chi connectivity index (χ2v) is 5.62. The van der Waals surface area contributed by atoms with E-state index in [1.54, 1.807) is 0 Å². The number of nitrogens with one attached hydrogen (secondary N) is 1. The number of rotatable bonds is 6. The molecular weight excluding hydrogens is 238 g/mol. The molecule has 0 spiro atoms. The van der Waals surface area contributed by atoms with Gasteiger partial charge in [0.15, 0.2) is 0 Å². The van der Waals surface area contributed by atoms with Gasteiger partial charge in [-0.1, -0.05) is 50.1 Å². The van der Waals surface area contributed by atoms with E-state index in [0.29, 0.717) is 5.41 Å². The van der Waals surface area contributed by atoms with Crippen LogP contribution in [0, 0.1) is 5.41 Å². The van der Waals surface area contributed by atoms with Crippen LogP contribution in [0.1, 0.15) is 50.6 Å². The first-order chi connectivity index (χ1) is 9.17. The summed E-state index contributed by atoms with van der Waals surface area (Å²) < 4.78 is 0. The Balaban J connectivity index is 2.04. The predicted molar refractivity (Wildman–Crippen MR) is 76.0 cm³/mol. The van der Waals surface area contributed by atoms with Crippen LogP contribution >= 0.6 is 0 Å². The Labute approximate surface area is 115 Å². The van der Waals surface area contributed by atoms with Gasteiger partial charge in [-0.15, -0.1) is 0 Å². The molecule has 3 nitrogen and oxygen atoms in total. The van der Waals surface area contributed by atoms with Crippen molar-refractivity contribution in [2.24, 2.45) is 5.41 Å². The van der Waals surface area contributed by atoms with Gasteiger partial charge >= 0.3 is 5.97 Å². The van der Waals surface area contributed by atoms with Gasteiger partial charge in [0.2, 0.25) is 0 Å². The second-order valence-electron chi connectivity index (χ2n) is 5.62. The lowest BCUT2D eigenvalue weighted by atomic mass is 9.83. The van der Waals surface area contributed by atoms with E-state index in [2.05, 4.69) is 12.2 Å². The second kappa shape index (κ2) is 6.20. The minimum Gasteiger partial charge on any atom is -0.480 e. The highest BCUT2D eigenvalue weighted by atomic mass is 16.4. The molecule has 1 atom stereocenters. The average Bonchev–Trinajstić information content (AvgIpc) is 2.89. The fourth-order valence-electron chi connectivity index (χ4n) is 3.09. The third kappa shape index (κ3) is 3.35. The van der Waals surface area contributed by atoms with E-state index in [-0.39, 0.29) is 0 Å². The normalized spacial score (nSPS) is 19.2. The maximum Gasteiger partial charge on any atom is 0.325 e. The Morgan fingerprint density at radius 1 is 1.32 bits per heavy atom. The van der Waals surface area contributed by atoms with Gasteiger partial charge in [0.1, 0.15) is 6.04 Å². The van der Waals surface area contributed by atoms with Crippen molar-refractivity contribution in [3.63, 3.8) is 0 Å². The van der Waals surface area contributed by atoms with Crippen molar-refractivity contribution in [1.29, 1.82) is 0 Å². The van der Waals surface area contributed by atoms with Gasteiger partial charge in [0.25, 0.3) is 0 Å². The van der Waals surface area contributed by atoms with Crippen molar-refractivity contribution < 1.29 is 9.90 Å². The molecule has 0 heterocycles. The molecular formula is C16H23NO2. The SMILES string of the molecule is CCC1(CNC(C(=O)O)c2ccccc2)CCCC1. The first kappa shape index (κ1) is 14.1. The van der Waals surface area contributed by atoms with Crippen molar-refractivity contribution in [3.05, 3.63) is 35.9 Å². The number of carbonyl (C=O) groups is 1. The molecule has 1 unspecified atom stereocenters. The van der Waals surface area contributed by atoms with E-state index in [4.69, 9.17) is 0 Å². The van der Waals surface area contributed by atoms with Crippen LogP contribution in [0.4, 0.5) is 0 Å². The van der Waals surface area contributed by atoms with Crippen molar-refractivity contribution in [2.75, 3.05) is 6.54 Å². The Hall–Kier alpha value is -1.35. The first-order valence-corrected chi connectivity index (χ1v) is 7.18. The largest absolute Gasteiger partial charge is 0.480 e. The maximum atomic E-state index is 11.4. The molecule has 1 fully saturated rings. The molecule has 104 valence electrons. The third-order valence-electron chi connectivity index (χ3n) is 4.48. The highest BCUT2D eigenvalue weighted by Crippen LogP contribution is 2.40. The molecule has 0 radical (unpaired) electrons. The average molecular weight is 261 g/mol. The molecule has 1 aliphatic rings. The van der Waals surface area contributed by atoms with Crippen LogP contribution < -0.4 is 5.32 Å². The predicted octanol–water partition coefficient (Wildman–Crippen LogP) is 3.37. The fraction of sp³-hybridized carbons (Fsp3) is 0.562. The van der Waals surface area contributed by atoms with Crippen molar-refractivity contribution in [2.45, 2.75) is 45.1 Å². The summed E-state index contributed by atoms with van der Waals surface area (Å²) in [5.41, 5.74) is 1.14. The fourth-order valence-corrected chi connectivity index (χ4v) is 3.09. The molecule has 19 heavy (non-hydrogen) atoms. The molecule has 0 bridgehead atoms. The summed E-state index contributed by atoms with van der Waals surface area (Å²) in [6.45, 7) is 3.01. The van der Waals surface area contributed by atoms with Crippen LogP contribution in [0.5, 0.6) is 0 Å². The van der Waals surface area contributed by atoms with Gasteiger partial charge in [-0.05, 0) is 30.2 Å². The molecule has 0 aliphatic heterocycles. The van der Waals surface area contributed by atoms with Gasteiger partial charge in [0, 0.05) is 6.54 Å². The summed E-state index contributed by atoms with van der Waals surface area (Å²) in [6, 6.07) is 8.84. The van der Waals surface area contributed by atoms with Gasteiger partial charge in [0.05, 0.1) is 0 Å². The molecule has 3 heteroatoms. The van der Waals surface area contributed by atoms with E-state index in [1.807, 2.05) is 30.3 Å². The van der Waals surface area contributed by atoms with Gasteiger partial charge in [-0.3, -0.25) is 4.79 Å². The van der Waals surface area contributed by atoms with Gasteiger partial charge in [-0.2, -0.15) is 0 Å². The molecule has 2 rings (SSSR count). The summed E-state index contributed by atoms with van der Waals surface area (Å²) in [5, 5.41) is 12.7. The summed E-state index contributed by atoms with van der Waals surface area (Å²) in [5.74, 6) is -0.796. The van der Waals surface area contributed by atoms with Gasteiger partial charge in [-0.25, -0.2) is 0 Å². The zero-order chi connectivity index (χ0) is 13.7. The third-order valence-corrected chi connectivity index (χ3v) is 4.48. The highest BCUT2D eigenvalue weighted by Gasteiger charge is 2.33. The molecule has 1 aliphatic carbocycles. The number of carboxylic acids is 1. The van der Waals surface area contributed by atoms with Crippen molar-refractivity contribution in [1.82, 2.24) is 5.32 Å². The summed E-state index contributed by atoms with van der Waals surface area (Å²) in [6.07, 6.45) is 6.12. The number of benzene rings is 1. The molecule has 0 aromatic heterocycles. The van der Waals surface area contributed by atoms with Crippen LogP contribution in [0.2, 0.25) is 0 Å². The number of aliphatic carboxylic acids is 1. The molecule has 2 N–H and O–H groups in total. The maximum absolute atomic E-state index is 11.4. The number of carboxylic acid groups (broad SMARTS) is 1. The summed E-state index contributed by atoms with van der Waals surface area (Å²) >= 11 is 0. The lowest BCUT2D eigenvalue weighted by molar-refractivity contribution is -0.139. The van der Waals surface area contributed by atoms with Crippen molar-refractivity contribution >= 4 is 5.97 Å². The molecule has 1 saturated carbocycles. The Bertz CT molecular complexity index is 410. The minimum atomic E-state index is -0.796. The Morgan fingerprint density at radius 3 is 2.47 bits per heavy atom. The van der Waals surface area contributed by atoms with E-state index in [1.165, 1.54) is 25.7 Å². The van der Waals surface area contributed by atoms with Crippen LogP contribution in [0.15, 0.2) is 30.3 Å². The topological polar surface area (TPSA) is 49.3 Å². The Morgan fingerprint density at radius 2 is 1.95 bits per heavy atom. The first-order valence-electron chi connectivity index (χ1n) is 7.18. The lowest BCUT2D eigenvalue weighted by Crippen LogP contribution is -2.37. The quantitative estimate of drug-likeness (QED) is 0.825. The minimum absolute atomic E-state index is 0.308. The molecule has 0 amide bonds. The summed E-state index contributed by atoms with van der Waals surface area (Å²) in [7, 11) is 0. The van der Waals surface area contributed by atoms with Crippen LogP contribution in [-0.4, -0.2) is 17.6 Å². The monoisotopic (exact) mass is 261 g/mol. The summed E-state index contributed by atoms with van der Waals surface area (Å²) in [4.78, 5) is 11.4. The van der Waals surface area contributed by atoms with Gasteiger partial charge < -0.3 is 10.4 Å². The van der Waals surface area contributed by atoms with Crippen molar-refractivity contribution in [3.8, 4) is 0 Å². The number of hydrogen-bond donors (Lipinski definition) is 2. The van der Waals surface area contributed by atoms with Crippen LogP contribution in [0.3, 0.4) is 0 Å². The van der Waals surface area contributed by atoms with E-state index < -0.39 is 12.0 Å². The van der Waals surface area contributed by atoms with E-state index >= 15 is 0 Å². The zero-order valence-corrected chi connectivity index (χ0v) is 11.6. The molecule has 0 saturated heterocycles.